The Labute approximate surface area is 180 Å². The Morgan fingerprint density at radius 1 is 1.03 bits per heavy atom. The summed E-state index contributed by atoms with van der Waals surface area (Å²) in [6, 6.07) is 16.4. The van der Waals surface area contributed by atoms with Gasteiger partial charge in [-0.3, -0.25) is 9.55 Å². The van der Waals surface area contributed by atoms with Gasteiger partial charge in [0.05, 0.1) is 24.0 Å². The second kappa shape index (κ2) is 8.52. The van der Waals surface area contributed by atoms with Gasteiger partial charge in [-0.05, 0) is 43.0 Å². The van der Waals surface area contributed by atoms with Crippen molar-refractivity contribution in [1.82, 2.24) is 19.7 Å². The maximum Gasteiger partial charge on any atom is 0.228 e. The molecule has 4 aromatic rings. The average Bonchev–Trinajstić information content (AvgIpc) is 3.43. The highest BCUT2D eigenvalue weighted by molar-refractivity contribution is 7.98. The molecular formula is C23H25N5OS. The van der Waals surface area contributed by atoms with Crippen LogP contribution in [0, 0.1) is 5.92 Å². The number of furan rings is 1. The second-order valence-electron chi connectivity index (χ2n) is 7.90. The molecule has 1 fully saturated rings. The van der Waals surface area contributed by atoms with Crippen LogP contribution in [0.3, 0.4) is 0 Å². The van der Waals surface area contributed by atoms with Crippen LogP contribution in [0.4, 0.5) is 5.95 Å². The van der Waals surface area contributed by atoms with Crippen molar-refractivity contribution in [3.8, 4) is 0 Å². The van der Waals surface area contributed by atoms with Gasteiger partial charge in [0.1, 0.15) is 5.76 Å². The fourth-order valence-electron chi connectivity index (χ4n) is 3.85. The topological polar surface area (TPSA) is 60.0 Å². The molecule has 0 unspecified atom stereocenters. The van der Waals surface area contributed by atoms with Gasteiger partial charge in [-0.25, -0.2) is 0 Å². The van der Waals surface area contributed by atoms with E-state index in [0.29, 0.717) is 6.54 Å². The number of anilines is 1. The summed E-state index contributed by atoms with van der Waals surface area (Å²) in [5, 5.41) is 11.2. The van der Waals surface area contributed by atoms with E-state index in [-0.39, 0.29) is 0 Å². The first kappa shape index (κ1) is 19.2. The van der Waals surface area contributed by atoms with E-state index in [4.69, 9.17) is 9.40 Å². The third-order valence-corrected chi connectivity index (χ3v) is 6.66. The first-order chi connectivity index (χ1) is 14.8. The van der Waals surface area contributed by atoms with Crippen molar-refractivity contribution in [1.29, 1.82) is 0 Å². The molecule has 154 valence electrons. The average molecular weight is 420 g/mol. The van der Waals surface area contributed by atoms with Gasteiger partial charge in [0.15, 0.2) is 5.16 Å². The Balaban J connectivity index is 1.39. The van der Waals surface area contributed by atoms with Crippen LogP contribution in [0.1, 0.15) is 31.2 Å². The summed E-state index contributed by atoms with van der Waals surface area (Å²) in [5.41, 5.74) is 2.07. The summed E-state index contributed by atoms with van der Waals surface area (Å²) in [7, 11) is 0. The lowest BCUT2D eigenvalue weighted by atomic mass is 10.00. The van der Waals surface area contributed by atoms with Crippen LogP contribution in [0.5, 0.6) is 0 Å². The predicted octanol–water partition coefficient (Wildman–Crippen LogP) is 5.00. The zero-order valence-electron chi connectivity index (χ0n) is 17.1. The van der Waals surface area contributed by atoms with Crippen molar-refractivity contribution in [3.63, 3.8) is 0 Å². The van der Waals surface area contributed by atoms with Crippen LogP contribution in [-0.4, -0.2) is 32.8 Å². The summed E-state index contributed by atoms with van der Waals surface area (Å²) in [6.07, 6.45) is 4.10. The number of nitrogens with zero attached hydrogens (tertiary/aromatic N) is 5. The van der Waals surface area contributed by atoms with E-state index in [1.807, 2.05) is 24.3 Å². The number of hydrogen-bond donors (Lipinski definition) is 0. The highest BCUT2D eigenvalue weighted by atomic mass is 32.2. The van der Waals surface area contributed by atoms with E-state index in [0.717, 1.165) is 58.2 Å². The largest absolute Gasteiger partial charge is 0.467 e. The first-order valence-electron chi connectivity index (χ1n) is 10.4. The van der Waals surface area contributed by atoms with Gasteiger partial charge in [-0.1, -0.05) is 43.0 Å². The molecule has 0 aliphatic carbocycles. The fraction of sp³-hybridized carbons (Fsp3) is 0.348. The molecule has 1 aliphatic rings. The molecule has 7 heteroatoms. The minimum Gasteiger partial charge on any atom is -0.467 e. The van der Waals surface area contributed by atoms with E-state index >= 15 is 0 Å². The molecule has 0 N–H and O–H groups in total. The molecule has 4 heterocycles. The second-order valence-corrected chi connectivity index (χ2v) is 8.84. The summed E-state index contributed by atoms with van der Waals surface area (Å²) in [5.74, 6) is 3.37. The Morgan fingerprint density at radius 3 is 2.73 bits per heavy atom. The molecule has 0 radical (unpaired) electrons. The lowest BCUT2D eigenvalue weighted by Crippen LogP contribution is -2.35. The Hall–Kier alpha value is -2.80. The van der Waals surface area contributed by atoms with Gasteiger partial charge in [-0.2, -0.15) is 0 Å². The molecule has 30 heavy (non-hydrogen) atoms. The number of aromatic nitrogens is 4. The van der Waals surface area contributed by atoms with E-state index in [2.05, 4.69) is 50.9 Å². The van der Waals surface area contributed by atoms with Crippen LogP contribution in [0.25, 0.3) is 10.9 Å². The monoisotopic (exact) mass is 419 g/mol. The minimum absolute atomic E-state index is 0.634. The van der Waals surface area contributed by atoms with Crippen LogP contribution in [-0.2, 0) is 12.3 Å². The number of rotatable bonds is 6. The number of benzene rings is 1. The van der Waals surface area contributed by atoms with Gasteiger partial charge >= 0.3 is 0 Å². The highest BCUT2D eigenvalue weighted by Gasteiger charge is 2.23. The number of thioether (sulfide) groups is 1. The maximum atomic E-state index is 5.62. The molecule has 0 atom stereocenters. The quantitative estimate of drug-likeness (QED) is 0.410. The van der Waals surface area contributed by atoms with E-state index in [1.54, 1.807) is 18.0 Å². The lowest BCUT2D eigenvalue weighted by molar-refractivity contribution is 0.427. The Bertz CT molecular complexity index is 1120. The van der Waals surface area contributed by atoms with Gasteiger partial charge in [0.25, 0.3) is 0 Å². The van der Waals surface area contributed by atoms with Crippen molar-refractivity contribution in [3.05, 3.63) is 66.2 Å². The SMILES string of the molecule is CC1CCN(c2nnc(SCc3ccc4ccccc4n3)n2Cc2ccco2)CC1. The van der Waals surface area contributed by atoms with E-state index in [9.17, 15) is 0 Å². The number of pyridine rings is 1. The first-order valence-corrected chi connectivity index (χ1v) is 11.4. The van der Waals surface area contributed by atoms with E-state index < -0.39 is 0 Å². The number of hydrogen-bond acceptors (Lipinski definition) is 6. The molecular weight excluding hydrogens is 394 g/mol. The van der Waals surface area contributed by atoms with E-state index in [1.165, 1.54) is 12.8 Å². The lowest BCUT2D eigenvalue weighted by Gasteiger charge is -2.31. The van der Waals surface area contributed by atoms with Crippen LogP contribution >= 0.6 is 11.8 Å². The minimum atomic E-state index is 0.634. The standard InChI is InChI=1S/C23H25N5OS/c1-17-10-12-27(13-11-17)22-25-26-23(28(22)15-20-6-4-14-29-20)30-16-19-9-8-18-5-2-3-7-21(18)24-19/h2-9,14,17H,10-13,15-16H2,1H3. The molecule has 5 rings (SSSR count). The van der Waals surface area contributed by atoms with Crippen molar-refractivity contribution < 1.29 is 4.42 Å². The number of para-hydroxylation sites is 1. The summed E-state index contributed by atoms with van der Waals surface area (Å²) in [6.45, 7) is 5.00. The van der Waals surface area contributed by atoms with Gasteiger partial charge in [0, 0.05) is 24.2 Å². The molecule has 0 bridgehead atoms. The maximum absolute atomic E-state index is 5.62. The Kier molecular flexibility index (Phi) is 5.45. The molecule has 6 nitrogen and oxygen atoms in total. The summed E-state index contributed by atoms with van der Waals surface area (Å²) < 4.78 is 7.80. The third kappa shape index (κ3) is 4.07. The third-order valence-electron chi connectivity index (χ3n) is 5.66. The van der Waals surface area contributed by atoms with Gasteiger partial charge in [0.2, 0.25) is 5.95 Å². The fourth-order valence-corrected chi connectivity index (χ4v) is 4.69. The zero-order valence-corrected chi connectivity index (χ0v) is 17.9. The van der Waals surface area contributed by atoms with Crippen LogP contribution in [0.2, 0.25) is 0 Å². The van der Waals surface area contributed by atoms with Crippen LogP contribution in [0.15, 0.2) is 64.4 Å². The molecule has 0 amide bonds. The smallest absolute Gasteiger partial charge is 0.228 e. The van der Waals surface area contributed by atoms with Crippen LogP contribution < -0.4 is 4.90 Å². The molecule has 3 aromatic heterocycles. The normalized spacial score (nSPS) is 15.2. The summed E-state index contributed by atoms with van der Waals surface area (Å²) >= 11 is 1.67. The van der Waals surface area contributed by atoms with Crippen molar-refractivity contribution in [2.45, 2.75) is 37.2 Å². The molecule has 0 saturated carbocycles. The molecule has 1 aliphatic heterocycles. The zero-order chi connectivity index (χ0) is 20.3. The van der Waals surface area contributed by atoms with Crippen molar-refractivity contribution >= 4 is 28.6 Å². The van der Waals surface area contributed by atoms with Gasteiger partial charge < -0.3 is 9.32 Å². The summed E-state index contributed by atoms with van der Waals surface area (Å²) in [4.78, 5) is 7.15. The Morgan fingerprint density at radius 2 is 1.90 bits per heavy atom. The molecule has 1 saturated heterocycles. The number of piperidine rings is 1. The van der Waals surface area contributed by atoms with Gasteiger partial charge in [-0.15, -0.1) is 10.2 Å². The molecule has 1 aromatic carbocycles. The molecule has 0 spiro atoms. The highest BCUT2D eigenvalue weighted by Crippen LogP contribution is 2.29. The van der Waals surface area contributed by atoms with Crippen molar-refractivity contribution in [2.75, 3.05) is 18.0 Å². The van der Waals surface area contributed by atoms with Crippen molar-refractivity contribution in [2.24, 2.45) is 5.92 Å². The predicted molar refractivity (Wildman–Crippen MR) is 120 cm³/mol. The number of fused-ring (bicyclic) bond motifs is 1.